The number of amides is 1. The van der Waals surface area contributed by atoms with E-state index in [1.807, 2.05) is 32.0 Å². The summed E-state index contributed by atoms with van der Waals surface area (Å²) in [6.45, 7) is 3.81. The maximum atomic E-state index is 12.4. The lowest BCUT2D eigenvalue weighted by Gasteiger charge is -2.15. The number of hydrogen-bond donors (Lipinski definition) is 2. The predicted octanol–water partition coefficient (Wildman–Crippen LogP) is 2.76. The molecule has 0 spiro atoms. The molecule has 0 unspecified atom stereocenters. The lowest BCUT2D eigenvalue weighted by molar-refractivity contribution is 0.0971. The Bertz CT molecular complexity index is 865. The largest absolute Gasteiger partial charge is 0.325 e. The topological polar surface area (TPSA) is 79.0 Å². The minimum Gasteiger partial charge on any atom is -0.325 e. The number of nitrogens with one attached hydrogen (secondary N) is 2. The molecule has 23 heavy (non-hydrogen) atoms. The fourth-order valence-corrected chi connectivity index (χ4v) is 2.80. The lowest BCUT2D eigenvalue weighted by Crippen LogP contribution is -2.27. The molecule has 2 aromatic rings. The van der Waals surface area contributed by atoms with Crippen molar-refractivity contribution in [3.05, 3.63) is 62.6 Å². The first-order chi connectivity index (χ1) is 11.0. The van der Waals surface area contributed by atoms with Crippen molar-refractivity contribution in [3.63, 3.8) is 0 Å². The van der Waals surface area contributed by atoms with Gasteiger partial charge in [-0.3, -0.25) is 14.4 Å². The summed E-state index contributed by atoms with van der Waals surface area (Å²) in [6, 6.07) is 7.14. The Morgan fingerprint density at radius 3 is 2.70 bits per heavy atom. The molecular formula is C18H18N2O3. The number of carbonyl (C=O) groups excluding carboxylic acids is 2. The van der Waals surface area contributed by atoms with Crippen molar-refractivity contribution in [2.24, 2.45) is 0 Å². The van der Waals surface area contributed by atoms with Crippen LogP contribution in [0.4, 0.5) is 5.69 Å². The monoisotopic (exact) mass is 310 g/mol. The van der Waals surface area contributed by atoms with Crippen molar-refractivity contribution in [2.45, 2.75) is 33.1 Å². The average Bonchev–Trinajstić information content (AvgIpc) is 2.50. The molecule has 0 aliphatic heterocycles. The van der Waals surface area contributed by atoms with E-state index in [4.69, 9.17) is 0 Å². The molecule has 0 fully saturated rings. The van der Waals surface area contributed by atoms with Gasteiger partial charge < -0.3 is 10.3 Å². The standard InChI is InChI=1S/C18H18N2O3/c1-10-6-7-11(2)15(8-10)20-18(23)13-9-12-14(19-17(13)22)4-3-5-16(12)21/h6-9H,3-5H2,1-2H3,(H,19,22)(H,20,23). The number of rotatable bonds is 2. The zero-order valence-electron chi connectivity index (χ0n) is 13.2. The Kier molecular flexibility index (Phi) is 3.86. The van der Waals surface area contributed by atoms with Gasteiger partial charge in [0.1, 0.15) is 5.56 Å². The lowest BCUT2D eigenvalue weighted by atomic mass is 9.93. The van der Waals surface area contributed by atoms with Crippen molar-refractivity contribution in [1.82, 2.24) is 4.98 Å². The number of fused-ring (bicyclic) bond motifs is 1. The number of hydrogen-bond acceptors (Lipinski definition) is 3. The van der Waals surface area contributed by atoms with Crippen LogP contribution in [0.15, 0.2) is 29.1 Å². The Labute approximate surface area is 133 Å². The quantitative estimate of drug-likeness (QED) is 0.895. The highest BCUT2D eigenvalue weighted by Gasteiger charge is 2.22. The van der Waals surface area contributed by atoms with Crippen molar-refractivity contribution < 1.29 is 9.59 Å². The van der Waals surface area contributed by atoms with Gasteiger partial charge >= 0.3 is 0 Å². The molecule has 5 nitrogen and oxygen atoms in total. The van der Waals surface area contributed by atoms with Crippen LogP contribution < -0.4 is 10.9 Å². The van der Waals surface area contributed by atoms with E-state index in [0.29, 0.717) is 29.8 Å². The number of Topliss-reactive ketones (excluding diaryl/α,β-unsaturated/α-hetero) is 1. The second-order valence-electron chi connectivity index (χ2n) is 5.95. The molecule has 0 atom stereocenters. The number of anilines is 1. The van der Waals surface area contributed by atoms with Gasteiger partial charge in [-0.25, -0.2) is 0 Å². The first kappa shape index (κ1) is 15.2. The van der Waals surface area contributed by atoms with E-state index in [-0.39, 0.29) is 11.3 Å². The summed E-state index contributed by atoms with van der Waals surface area (Å²) < 4.78 is 0. The Hall–Kier alpha value is -2.69. The van der Waals surface area contributed by atoms with Crippen LogP contribution in [-0.4, -0.2) is 16.7 Å². The molecule has 1 aromatic carbocycles. The van der Waals surface area contributed by atoms with E-state index in [0.717, 1.165) is 17.5 Å². The van der Waals surface area contributed by atoms with Crippen molar-refractivity contribution in [3.8, 4) is 0 Å². The number of ketones is 1. The van der Waals surface area contributed by atoms with E-state index in [9.17, 15) is 14.4 Å². The van der Waals surface area contributed by atoms with E-state index < -0.39 is 11.5 Å². The van der Waals surface area contributed by atoms with Gasteiger partial charge in [0.05, 0.1) is 0 Å². The predicted molar refractivity (Wildman–Crippen MR) is 88.2 cm³/mol. The molecule has 1 aliphatic carbocycles. The molecule has 1 aromatic heterocycles. The van der Waals surface area contributed by atoms with Gasteiger partial charge in [0.25, 0.3) is 11.5 Å². The molecule has 118 valence electrons. The normalized spacial score (nSPS) is 13.6. The average molecular weight is 310 g/mol. The second kappa shape index (κ2) is 5.83. The number of benzene rings is 1. The van der Waals surface area contributed by atoms with Crippen LogP contribution in [0.2, 0.25) is 0 Å². The van der Waals surface area contributed by atoms with E-state index in [1.54, 1.807) is 0 Å². The van der Waals surface area contributed by atoms with Crippen LogP contribution in [0.25, 0.3) is 0 Å². The van der Waals surface area contributed by atoms with E-state index in [2.05, 4.69) is 10.3 Å². The molecular weight excluding hydrogens is 292 g/mol. The molecule has 0 saturated carbocycles. The SMILES string of the molecule is Cc1ccc(C)c(NC(=O)c2cc3c([nH]c2=O)CCCC3=O)c1. The summed E-state index contributed by atoms with van der Waals surface area (Å²) in [5.74, 6) is -0.524. The third-order valence-corrected chi connectivity index (χ3v) is 4.14. The summed E-state index contributed by atoms with van der Waals surface area (Å²) >= 11 is 0. The van der Waals surface area contributed by atoms with Crippen molar-refractivity contribution >= 4 is 17.4 Å². The van der Waals surface area contributed by atoms with Crippen LogP contribution in [0.3, 0.4) is 0 Å². The maximum Gasteiger partial charge on any atom is 0.261 e. The maximum absolute atomic E-state index is 12.4. The summed E-state index contributed by atoms with van der Waals surface area (Å²) in [6.07, 6.45) is 1.85. The summed E-state index contributed by atoms with van der Waals surface area (Å²) in [4.78, 5) is 39.3. The number of carbonyl (C=O) groups is 2. The van der Waals surface area contributed by atoms with Crippen LogP contribution in [-0.2, 0) is 6.42 Å². The van der Waals surface area contributed by atoms with E-state index >= 15 is 0 Å². The summed E-state index contributed by atoms with van der Waals surface area (Å²) in [5.41, 5.74) is 3.20. The number of H-pyrrole nitrogens is 1. The number of aromatic nitrogens is 1. The molecule has 3 rings (SSSR count). The highest BCUT2D eigenvalue weighted by molar-refractivity contribution is 6.06. The van der Waals surface area contributed by atoms with Crippen molar-refractivity contribution in [1.29, 1.82) is 0 Å². The highest BCUT2D eigenvalue weighted by atomic mass is 16.2. The third-order valence-electron chi connectivity index (χ3n) is 4.14. The minimum atomic E-state index is -0.499. The third kappa shape index (κ3) is 2.95. The molecule has 0 radical (unpaired) electrons. The smallest absolute Gasteiger partial charge is 0.261 e. The highest BCUT2D eigenvalue weighted by Crippen LogP contribution is 2.20. The van der Waals surface area contributed by atoms with Crippen LogP contribution in [0.1, 0.15) is 50.4 Å². The van der Waals surface area contributed by atoms with Gasteiger partial charge in [-0.05, 0) is 49.9 Å². The number of aryl methyl sites for hydroxylation is 3. The molecule has 1 aliphatic rings. The molecule has 2 N–H and O–H groups in total. The Morgan fingerprint density at radius 1 is 1.13 bits per heavy atom. The van der Waals surface area contributed by atoms with Gasteiger partial charge in [0.2, 0.25) is 0 Å². The Morgan fingerprint density at radius 2 is 1.91 bits per heavy atom. The fourth-order valence-electron chi connectivity index (χ4n) is 2.80. The summed E-state index contributed by atoms with van der Waals surface area (Å²) in [5, 5.41) is 2.76. The molecule has 1 heterocycles. The number of aromatic amines is 1. The summed E-state index contributed by atoms with van der Waals surface area (Å²) in [7, 11) is 0. The van der Waals surface area contributed by atoms with Crippen LogP contribution in [0, 0.1) is 13.8 Å². The molecule has 0 bridgehead atoms. The van der Waals surface area contributed by atoms with Crippen LogP contribution >= 0.6 is 0 Å². The molecule has 0 saturated heterocycles. The second-order valence-corrected chi connectivity index (χ2v) is 5.95. The van der Waals surface area contributed by atoms with Crippen LogP contribution in [0.5, 0.6) is 0 Å². The Balaban J connectivity index is 1.97. The first-order valence-electron chi connectivity index (χ1n) is 7.63. The van der Waals surface area contributed by atoms with E-state index in [1.165, 1.54) is 6.07 Å². The fraction of sp³-hybridized carbons (Fsp3) is 0.278. The van der Waals surface area contributed by atoms with Gasteiger partial charge in [-0.2, -0.15) is 0 Å². The molecule has 1 amide bonds. The molecule has 5 heteroatoms. The van der Waals surface area contributed by atoms with Gasteiger partial charge in [-0.1, -0.05) is 12.1 Å². The minimum absolute atomic E-state index is 0.0247. The number of pyridine rings is 1. The van der Waals surface area contributed by atoms with Gasteiger partial charge in [-0.15, -0.1) is 0 Å². The zero-order chi connectivity index (χ0) is 16.6. The van der Waals surface area contributed by atoms with Gasteiger partial charge in [0.15, 0.2) is 5.78 Å². The van der Waals surface area contributed by atoms with Crippen molar-refractivity contribution in [2.75, 3.05) is 5.32 Å². The van der Waals surface area contributed by atoms with Gasteiger partial charge in [0, 0.05) is 23.4 Å². The zero-order valence-corrected chi connectivity index (χ0v) is 13.2. The first-order valence-corrected chi connectivity index (χ1v) is 7.63.